The Balaban J connectivity index is 1.86. The van der Waals surface area contributed by atoms with Gasteiger partial charge in [-0.05, 0) is 30.9 Å². The van der Waals surface area contributed by atoms with Gasteiger partial charge in [0.15, 0.2) is 5.82 Å². The van der Waals surface area contributed by atoms with Gasteiger partial charge in [-0.2, -0.15) is 0 Å². The van der Waals surface area contributed by atoms with Crippen LogP contribution in [0.3, 0.4) is 0 Å². The van der Waals surface area contributed by atoms with Gasteiger partial charge in [0.05, 0.1) is 12.6 Å². The molecule has 0 amide bonds. The third-order valence-electron chi connectivity index (χ3n) is 3.40. The molecule has 1 atom stereocenters. The molecule has 4 nitrogen and oxygen atoms in total. The van der Waals surface area contributed by atoms with E-state index in [0.717, 1.165) is 37.4 Å². The first-order chi connectivity index (χ1) is 9.34. The van der Waals surface area contributed by atoms with E-state index >= 15 is 0 Å². The average Bonchev–Trinajstić information content (AvgIpc) is 2.82. The van der Waals surface area contributed by atoms with Crippen LogP contribution in [0.15, 0.2) is 30.3 Å². The van der Waals surface area contributed by atoms with Crippen molar-refractivity contribution in [1.29, 1.82) is 0 Å². The van der Waals surface area contributed by atoms with Crippen LogP contribution >= 0.6 is 11.6 Å². The smallest absolute Gasteiger partial charge is 0.225 e. The molecule has 0 radical (unpaired) electrons. The van der Waals surface area contributed by atoms with Gasteiger partial charge in [0, 0.05) is 12.2 Å². The number of hydrogen-bond acceptors (Lipinski definition) is 3. The molecule has 1 fully saturated rings. The van der Waals surface area contributed by atoms with Crippen LogP contribution in [0, 0.1) is 0 Å². The van der Waals surface area contributed by atoms with E-state index in [0.29, 0.717) is 5.28 Å². The highest BCUT2D eigenvalue weighted by molar-refractivity contribution is 6.28. The summed E-state index contributed by atoms with van der Waals surface area (Å²) in [5.74, 6) is 0.805. The lowest BCUT2D eigenvalue weighted by Gasteiger charge is -2.23. The normalized spacial score (nSPS) is 19.5. The number of ether oxygens (including phenoxy) is 1. The second kappa shape index (κ2) is 5.72. The van der Waals surface area contributed by atoms with Crippen molar-refractivity contribution in [3.8, 4) is 11.4 Å². The Morgan fingerprint density at radius 3 is 2.79 bits per heavy atom. The second-order valence-corrected chi connectivity index (χ2v) is 5.10. The number of nitrogens with zero attached hydrogens (tertiary/aromatic N) is 3. The summed E-state index contributed by atoms with van der Waals surface area (Å²) in [5, 5.41) is 8.58. The lowest BCUT2D eigenvalue weighted by Crippen LogP contribution is -2.24. The molecular formula is C14H16ClN3O. The maximum Gasteiger partial charge on any atom is 0.225 e. The zero-order valence-corrected chi connectivity index (χ0v) is 11.4. The fourth-order valence-corrected chi connectivity index (χ4v) is 2.59. The standard InChI is InChI=1S/C14H16ClN3O/c15-14-17-16-13(11-6-2-1-3-7-11)18(14)10-12-8-4-5-9-19-12/h1-3,6-7,12H,4-5,8-10H2. The topological polar surface area (TPSA) is 39.9 Å². The van der Waals surface area contributed by atoms with Gasteiger partial charge >= 0.3 is 0 Å². The Bertz CT molecular complexity index is 535. The van der Waals surface area contributed by atoms with Crippen molar-refractivity contribution in [2.75, 3.05) is 6.61 Å². The first-order valence-electron chi connectivity index (χ1n) is 6.60. The van der Waals surface area contributed by atoms with E-state index in [-0.39, 0.29) is 6.10 Å². The predicted octanol–water partition coefficient (Wildman–Crippen LogP) is 3.17. The first kappa shape index (κ1) is 12.6. The molecule has 5 heteroatoms. The predicted molar refractivity (Wildman–Crippen MR) is 74.1 cm³/mol. The molecule has 1 saturated heterocycles. The van der Waals surface area contributed by atoms with Gasteiger partial charge in [-0.3, -0.25) is 4.57 Å². The zero-order valence-electron chi connectivity index (χ0n) is 10.6. The van der Waals surface area contributed by atoms with Gasteiger partial charge in [0.2, 0.25) is 5.28 Å². The molecular weight excluding hydrogens is 262 g/mol. The third-order valence-corrected chi connectivity index (χ3v) is 3.68. The van der Waals surface area contributed by atoms with Crippen LogP contribution in [0.5, 0.6) is 0 Å². The molecule has 2 aromatic rings. The van der Waals surface area contributed by atoms with Crippen LogP contribution in [-0.4, -0.2) is 27.5 Å². The highest BCUT2D eigenvalue weighted by Crippen LogP contribution is 2.23. The molecule has 0 N–H and O–H groups in total. The summed E-state index contributed by atoms with van der Waals surface area (Å²) in [4.78, 5) is 0. The van der Waals surface area contributed by atoms with Crippen LogP contribution in [0.2, 0.25) is 5.28 Å². The van der Waals surface area contributed by atoms with Gasteiger partial charge < -0.3 is 4.74 Å². The van der Waals surface area contributed by atoms with E-state index < -0.39 is 0 Å². The second-order valence-electron chi connectivity index (χ2n) is 4.76. The molecule has 1 aromatic carbocycles. The molecule has 100 valence electrons. The molecule has 1 aliphatic heterocycles. The van der Waals surface area contributed by atoms with Gasteiger partial charge in [-0.25, -0.2) is 0 Å². The molecule has 19 heavy (non-hydrogen) atoms. The van der Waals surface area contributed by atoms with E-state index in [4.69, 9.17) is 16.3 Å². The maximum atomic E-state index is 6.15. The summed E-state index contributed by atoms with van der Waals surface area (Å²) in [6, 6.07) is 9.98. The average molecular weight is 278 g/mol. The largest absolute Gasteiger partial charge is 0.376 e. The monoisotopic (exact) mass is 277 g/mol. The Morgan fingerprint density at radius 1 is 1.21 bits per heavy atom. The maximum absolute atomic E-state index is 6.15. The molecule has 1 aliphatic rings. The van der Waals surface area contributed by atoms with Gasteiger partial charge in [0.25, 0.3) is 0 Å². The van der Waals surface area contributed by atoms with Crippen LogP contribution in [0.1, 0.15) is 19.3 Å². The minimum Gasteiger partial charge on any atom is -0.376 e. The van der Waals surface area contributed by atoms with E-state index in [1.165, 1.54) is 6.42 Å². The van der Waals surface area contributed by atoms with E-state index in [9.17, 15) is 0 Å². The van der Waals surface area contributed by atoms with Crippen molar-refractivity contribution in [3.05, 3.63) is 35.6 Å². The lowest BCUT2D eigenvalue weighted by molar-refractivity contribution is 0.00622. The minimum atomic E-state index is 0.213. The van der Waals surface area contributed by atoms with Gasteiger partial charge in [-0.1, -0.05) is 30.3 Å². The summed E-state index contributed by atoms with van der Waals surface area (Å²) in [6.07, 6.45) is 3.65. The Labute approximate surface area is 117 Å². The van der Waals surface area contributed by atoms with Gasteiger partial charge in [-0.15, -0.1) is 10.2 Å². The third kappa shape index (κ3) is 2.80. The van der Waals surface area contributed by atoms with Crippen LogP contribution in [0.25, 0.3) is 11.4 Å². The molecule has 1 unspecified atom stereocenters. The fourth-order valence-electron chi connectivity index (χ4n) is 2.40. The Morgan fingerprint density at radius 2 is 2.05 bits per heavy atom. The zero-order chi connectivity index (χ0) is 13.1. The number of halogens is 1. The van der Waals surface area contributed by atoms with Crippen molar-refractivity contribution in [3.63, 3.8) is 0 Å². The van der Waals surface area contributed by atoms with Crippen LogP contribution in [0.4, 0.5) is 0 Å². The minimum absolute atomic E-state index is 0.213. The van der Waals surface area contributed by atoms with Crippen LogP contribution in [-0.2, 0) is 11.3 Å². The number of rotatable bonds is 3. The molecule has 0 aliphatic carbocycles. The van der Waals surface area contributed by atoms with Crippen LogP contribution < -0.4 is 0 Å². The van der Waals surface area contributed by atoms with E-state index in [1.807, 2.05) is 34.9 Å². The molecule has 3 rings (SSSR count). The van der Waals surface area contributed by atoms with Crippen molar-refractivity contribution < 1.29 is 4.74 Å². The molecule has 2 heterocycles. The van der Waals surface area contributed by atoms with E-state index in [2.05, 4.69) is 10.2 Å². The summed E-state index contributed by atoms with van der Waals surface area (Å²) in [7, 11) is 0. The van der Waals surface area contributed by atoms with Crippen molar-refractivity contribution >= 4 is 11.6 Å². The quantitative estimate of drug-likeness (QED) is 0.865. The molecule has 1 aromatic heterocycles. The summed E-state index contributed by atoms with van der Waals surface area (Å²) >= 11 is 6.15. The van der Waals surface area contributed by atoms with E-state index in [1.54, 1.807) is 0 Å². The number of aromatic nitrogens is 3. The Hall–Kier alpha value is -1.39. The molecule has 0 spiro atoms. The lowest BCUT2D eigenvalue weighted by atomic mass is 10.1. The summed E-state index contributed by atoms with van der Waals surface area (Å²) in [5.41, 5.74) is 1.03. The van der Waals surface area contributed by atoms with Crippen molar-refractivity contribution in [2.45, 2.75) is 31.9 Å². The number of benzene rings is 1. The van der Waals surface area contributed by atoms with Gasteiger partial charge in [0.1, 0.15) is 0 Å². The fraction of sp³-hybridized carbons (Fsp3) is 0.429. The molecule has 0 bridgehead atoms. The summed E-state index contributed by atoms with van der Waals surface area (Å²) < 4.78 is 7.70. The highest BCUT2D eigenvalue weighted by atomic mass is 35.5. The van der Waals surface area contributed by atoms with Crippen molar-refractivity contribution in [1.82, 2.24) is 14.8 Å². The Kier molecular flexibility index (Phi) is 3.80. The van der Waals surface area contributed by atoms with Crippen molar-refractivity contribution in [2.24, 2.45) is 0 Å². The number of hydrogen-bond donors (Lipinski definition) is 0. The molecule has 0 saturated carbocycles. The highest BCUT2D eigenvalue weighted by Gasteiger charge is 2.19. The first-order valence-corrected chi connectivity index (χ1v) is 6.98. The SMILES string of the molecule is Clc1nnc(-c2ccccc2)n1CC1CCCCO1. The summed E-state index contributed by atoms with van der Waals surface area (Å²) in [6.45, 7) is 1.56.